The van der Waals surface area contributed by atoms with Crippen LogP contribution in [-0.2, 0) is 11.2 Å². The van der Waals surface area contributed by atoms with E-state index in [1.54, 1.807) is 6.26 Å². The van der Waals surface area contributed by atoms with Crippen LogP contribution in [0.25, 0.3) is 0 Å². The topological polar surface area (TPSA) is 48.7 Å². The van der Waals surface area contributed by atoms with Crippen molar-refractivity contribution in [1.29, 1.82) is 0 Å². The number of carbonyl (C=O) groups excluding carboxylic acids is 1. The summed E-state index contributed by atoms with van der Waals surface area (Å²) in [5.41, 5.74) is 1.80. The van der Waals surface area contributed by atoms with Crippen molar-refractivity contribution in [3.05, 3.63) is 47.4 Å². The molecule has 0 aliphatic carbocycles. The van der Waals surface area contributed by atoms with E-state index in [9.17, 15) is 4.79 Å². The zero-order valence-corrected chi connectivity index (χ0v) is 14.6. The minimum Gasteiger partial charge on any atom is -0.469 e. The van der Waals surface area contributed by atoms with Crippen molar-refractivity contribution in [2.24, 2.45) is 0 Å². The zero-order chi connectivity index (χ0) is 16.9. The minimum atomic E-state index is -0.0379. The Morgan fingerprint density at radius 2 is 2.04 bits per heavy atom. The van der Waals surface area contributed by atoms with Gasteiger partial charge in [-0.05, 0) is 37.4 Å². The lowest BCUT2D eigenvalue weighted by Crippen LogP contribution is -2.44. The van der Waals surface area contributed by atoms with Gasteiger partial charge in [0.1, 0.15) is 5.76 Å². The molecule has 24 heavy (non-hydrogen) atoms. The van der Waals surface area contributed by atoms with E-state index in [4.69, 9.17) is 16.0 Å². The lowest BCUT2D eigenvalue weighted by molar-refractivity contribution is -0.116. The SMILES string of the molecule is CN1CCN(c2ccc(Cl)cc2NC(=O)CCc2ccco2)CC1. The third-order valence-electron chi connectivity index (χ3n) is 4.26. The molecule has 1 aliphatic heterocycles. The fourth-order valence-corrected chi connectivity index (χ4v) is 3.01. The summed E-state index contributed by atoms with van der Waals surface area (Å²) in [5.74, 6) is 0.777. The molecule has 6 heteroatoms. The molecule has 1 N–H and O–H groups in total. The number of likely N-dealkylation sites (N-methyl/N-ethyl adjacent to an activating group) is 1. The first-order valence-electron chi connectivity index (χ1n) is 8.17. The molecule has 3 rings (SSSR count). The van der Waals surface area contributed by atoms with Gasteiger partial charge in [0.2, 0.25) is 5.91 Å². The largest absolute Gasteiger partial charge is 0.469 e. The van der Waals surface area contributed by atoms with Crippen LogP contribution in [0.4, 0.5) is 11.4 Å². The summed E-state index contributed by atoms with van der Waals surface area (Å²) in [5, 5.41) is 3.62. The number of halogens is 1. The number of anilines is 2. The van der Waals surface area contributed by atoms with Gasteiger partial charge >= 0.3 is 0 Å². The van der Waals surface area contributed by atoms with Gasteiger partial charge in [0, 0.05) is 44.0 Å². The van der Waals surface area contributed by atoms with Gasteiger partial charge in [0.15, 0.2) is 0 Å². The van der Waals surface area contributed by atoms with Crippen LogP contribution >= 0.6 is 11.6 Å². The summed E-state index contributed by atoms with van der Waals surface area (Å²) in [6.07, 6.45) is 2.58. The first-order valence-corrected chi connectivity index (χ1v) is 8.55. The van der Waals surface area contributed by atoms with E-state index in [1.807, 2.05) is 30.3 Å². The molecular weight excluding hydrogens is 326 g/mol. The molecular formula is C18H22ClN3O2. The Labute approximate surface area is 147 Å². The van der Waals surface area contributed by atoms with Crippen LogP contribution < -0.4 is 10.2 Å². The second-order valence-corrected chi connectivity index (χ2v) is 6.52. The Kier molecular flexibility index (Phi) is 5.43. The van der Waals surface area contributed by atoms with Gasteiger partial charge in [-0.15, -0.1) is 0 Å². The third-order valence-corrected chi connectivity index (χ3v) is 4.49. The maximum absolute atomic E-state index is 12.3. The van der Waals surface area contributed by atoms with E-state index in [0.717, 1.165) is 43.3 Å². The van der Waals surface area contributed by atoms with E-state index in [-0.39, 0.29) is 5.91 Å². The average Bonchev–Trinajstić information content (AvgIpc) is 3.08. The smallest absolute Gasteiger partial charge is 0.224 e. The highest BCUT2D eigenvalue weighted by Crippen LogP contribution is 2.30. The minimum absolute atomic E-state index is 0.0379. The Balaban J connectivity index is 1.67. The van der Waals surface area contributed by atoms with Crippen molar-refractivity contribution in [2.45, 2.75) is 12.8 Å². The van der Waals surface area contributed by atoms with Gasteiger partial charge in [-0.1, -0.05) is 11.6 Å². The standard InChI is InChI=1S/C18H22ClN3O2/c1-21-8-10-22(11-9-21)17-6-4-14(19)13-16(17)20-18(23)7-5-15-3-2-12-24-15/h2-4,6,12-13H,5,7-11H2,1H3,(H,20,23). The normalized spacial score (nSPS) is 15.5. The summed E-state index contributed by atoms with van der Waals surface area (Å²) >= 11 is 6.13. The molecule has 2 aromatic rings. The second kappa shape index (κ2) is 7.73. The maximum Gasteiger partial charge on any atom is 0.224 e. The zero-order valence-electron chi connectivity index (χ0n) is 13.8. The summed E-state index contributed by atoms with van der Waals surface area (Å²) in [4.78, 5) is 16.9. The molecule has 1 fully saturated rings. The molecule has 0 radical (unpaired) electrons. The molecule has 1 amide bonds. The molecule has 0 unspecified atom stereocenters. The fraction of sp³-hybridized carbons (Fsp3) is 0.389. The van der Waals surface area contributed by atoms with E-state index < -0.39 is 0 Å². The van der Waals surface area contributed by atoms with Crippen molar-refractivity contribution >= 4 is 28.9 Å². The molecule has 0 saturated carbocycles. The second-order valence-electron chi connectivity index (χ2n) is 6.08. The highest BCUT2D eigenvalue weighted by Gasteiger charge is 2.18. The molecule has 5 nitrogen and oxygen atoms in total. The van der Waals surface area contributed by atoms with Crippen LogP contribution in [0.2, 0.25) is 5.02 Å². The Hall–Kier alpha value is -1.98. The summed E-state index contributed by atoms with van der Waals surface area (Å²) in [7, 11) is 2.12. The van der Waals surface area contributed by atoms with E-state index in [1.165, 1.54) is 0 Å². The van der Waals surface area contributed by atoms with Gasteiger partial charge in [-0.2, -0.15) is 0 Å². The molecule has 1 saturated heterocycles. The van der Waals surface area contributed by atoms with Crippen LogP contribution in [0.1, 0.15) is 12.2 Å². The van der Waals surface area contributed by atoms with Crippen molar-refractivity contribution in [2.75, 3.05) is 43.4 Å². The average molecular weight is 348 g/mol. The number of furan rings is 1. The molecule has 1 aromatic heterocycles. The van der Waals surface area contributed by atoms with Gasteiger partial charge in [0.05, 0.1) is 17.6 Å². The Morgan fingerprint density at radius 1 is 1.25 bits per heavy atom. The number of hydrogen-bond acceptors (Lipinski definition) is 4. The Bertz CT molecular complexity index is 680. The summed E-state index contributed by atoms with van der Waals surface area (Å²) in [6, 6.07) is 9.38. The highest BCUT2D eigenvalue weighted by atomic mass is 35.5. The van der Waals surface area contributed by atoms with Crippen LogP contribution in [0, 0.1) is 0 Å². The van der Waals surface area contributed by atoms with E-state index >= 15 is 0 Å². The number of nitrogens with zero attached hydrogens (tertiary/aromatic N) is 2. The van der Waals surface area contributed by atoms with Crippen molar-refractivity contribution in [3.8, 4) is 0 Å². The van der Waals surface area contributed by atoms with Crippen LogP contribution in [0.5, 0.6) is 0 Å². The first kappa shape index (κ1) is 16.9. The highest BCUT2D eigenvalue weighted by molar-refractivity contribution is 6.31. The van der Waals surface area contributed by atoms with Crippen LogP contribution in [-0.4, -0.2) is 44.0 Å². The molecule has 128 valence electrons. The van der Waals surface area contributed by atoms with Crippen LogP contribution in [0.3, 0.4) is 0 Å². The van der Waals surface area contributed by atoms with Crippen LogP contribution in [0.15, 0.2) is 41.0 Å². The van der Waals surface area contributed by atoms with E-state index in [2.05, 4.69) is 22.2 Å². The quantitative estimate of drug-likeness (QED) is 0.902. The predicted octanol–water partition coefficient (Wildman–Crippen LogP) is 3.26. The van der Waals surface area contributed by atoms with Crippen molar-refractivity contribution in [1.82, 2.24) is 4.90 Å². The number of benzene rings is 1. The molecule has 2 heterocycles. The molecule has 1 aliphatic rings. The van der Waals surface area contributed by atoms with Gasteiger partial charge < -0.3 is 19.5 Å². The first-order chi connectivity index (χ1) is 11.6. The number of carbonyl (C=O) groups is 1. The molecule has 0 bridgehead atoms. The van der Waals surface area contributed by atoms with Gasteiger partial charge in [-0.3, -0.25) is 4.79 Å². The third kappa shape index (κ3) is 4.30. The lowest BCUT2D eigenvalue weighted by Gasteiger charge is -2.35. The van der Waals surface area contributed by atoms with Gasteiger partial charge in [0.25, 0.3) is 0 Å². The van der Waals surface area contributed by atoms with Crippen molar-refractivity contribution < 1.29 is 9.21 Å². The fourth-order valence-electron chi connectivity index (χ4n) is 2.84. The molecule has 1 aromatic carbocycles. The molecule has 0 spiro atoms. The predicted molar refractivity (Wildman–Crippen MR) is 96.8 cm³/mol. The molecule has 0 atom stereocenters. The summed E-state index contributed by atoms with van der Waals surface area (Å²) < 4.78 is 5.27. The number of nitrogens with one attached hydrogen (secondary N) is 1. The number of aryl methyl sites for hydroxylation is 1. The lowest BCUT2D eigenvalue weighted by atomic mass is 10.2. The summed E-state index contributed by atoms with van der Waals surface area (Å²) in [6.45, 7) is 3.89. The van der Waals surface area contributed by atoms with Gasteiger partial charge in [-0.25, -0.2) is 0 Å². The maximum atomic E-state index is 12.3. The number of rotatable bonds is 5. The Morgan fingerprint density at radius 3 is 2.75 bits per heavy atom. The number of amides is 1. The van der Waals surface area contributed by atoms with Crippen molar-refractivity contribution in [3.63, 3.8) is 0 Å². The van der Waals surface area contributed by atoms with E-state index in [0.29, 0.717) is 17.9 Å². The number of hydrogen-bond donors (Lipinski definition) is 1. The monoisotopic (exact) mass is 347 g/mol. The number of piperazine rings is 1.